The van der Waals surface area contributed by atoms with Crippen LogP contribution in [0.15, 0.2) is 42.5 Å². The molecule has 3 rings (SSSR count). The van der Waals surface area contributed by atoms with E-state index in [1.807, 2.05) is 31.2 Å². The van der Waals surface area contributed by atoms with Gasteiger partial charge < -0.3 is 14.6 Å². The van der Waals surface area contributed by atoms with Gasteiger partial charge in [0.05, 0.1) is 19.8 Å². The number of hydrogen-bond donors (Lipinski definition) is 3. The van der Waals surface area contributed by atoms with E-state index in [-0.39, 0.29) is 17.7 Å². The first-order valence-electron chi connectivity index (χ1n) is 7.81. The van der Waals surface area contributed by atoms with Crippen LogP contribution in [-0.2, 0) is 0 Å². The highest BCUT2D eigenvalue weighted by molar-refractivity contribution is 5.44. The lowest BCUT2D eigenvalue weighted by Crippen LogP contribution is -2.25. The number of phenols is 1. The molecule has 1 fully saturated rings. The third kappa shape index (κ3) is 3.25. The third-order valence-electron chi connectivity index (χ3n) is 4.17. The van der Waals surface area contributed by atoms with Crippen molar-refractivity contribution in [3.8, 4) is 17.2 Å². The van der Waals surface area contributed by atoms with Crippen LogP contribution < -0.4 is 20.3 Å². The van der Waals surface area contributed by atoms with Crippen molar-refractivity contribution >= 4 is 0 Å². The standard InChI is InChI=1S/C18H22N2O3/c1-3-23-14-8-9-15(17(21)10-14)18-16(11-19-20-18)12-4-6-13(22-2)7-5-12/h4-10,16,18-21H,3,11H2,1-2H3. The van der Waals surface area contributed by atoms with Crippen LogP contribution in [0.5, 0.6) is 17.2 Å². The van der Waals surface area contributed by atoms with Crippen molar-refractivity contribution in [2.75, 3.05) is 20.3 Å². The molecule has 1 aliphatic rings. The quantitative estimate of drug-likeness (QED) is 0.792. The number of ether oxygens (including phenoxy) is 2. The second kappa shape index (κ2) is 6.89. The van der Waals surface area contributed by atoms with Gasteiger partial charge >= 0.3 is 0 Å². The van der Waals surface area contributed by atoms with Crippen LogP contribution in [0.1, 0.15) is 30.0 Å². The average Bonchev–Trinajstić information content (AvgIpc) is 3.05. The first-order chi connectivity index (χ1) is 11.2. The minimum Gasteiger partial charge on any atom is -0.507 e. The fraction of sp³-hybridized carbons (Fsp3) is 0.333. The van der Waals surface area contributed by atoms with Gasteiger partial charge in [-0.25, -0.2) is 5.43 Å². The van der Waals surface area contributed by atoms with E-state index >= 15 is 0 Å². The summed E-state index contributed by atoms with van der Waals surface area (Å²) in [5.41, 5.74) is 8.51. The van der Waals surface area contributed by atoms with Gasteiger partial charge in [-0.1, -0.05) is 18.2 Å². The van der Waals surface area contributed by atoms with Crippen LogP contribution >= 0.6 is 0 Å². The summed E-state index contributed by atoms with van der Waals surface area (Å²) in [7, 11) is 1.66. The summed E-state index contributed by atoms with van der Waals surface area (Å²) in [6.45, 7) is 3.30. The molecule has 0 radical (unpaired) electrons. The van der Waals surface area contributed by atoms with Crippen molar-refractivity contribution in [3.05, 3.63) is 53.6 Å². The van der Waals surface area contributed by atoms with Crippen molar-refractivity contribution in [2.45, 2.75) is 18.9 Å². The van der Waals surface area contributed by atoms with Gasteiger partial charge in [0.25, 0.3) is 0 Å². The Balaban J connectivity index is 1.86. The van der Waals surface area contributed by atoms with Crippen LogP contribution in [0.4, 0.5) is 0 Å². The van der Waals surface area contributed by atoms with E-state index in [9.17, 15) is 5.11 Å². The molecule has 5 nitrogen and oxygen atoms in total. The summed E-state index contributed by atoms with van der Waals surface area (Å²) in [6.07, 6.45) is 0. The maximum Gasteiger partial charge on any atom is 0.124 e. The summed E-state index contributed by atoms with van der Waals surface area (Å²) in [5, 5.41) is 10.4. The molecule has 2 aromatic rings. The van der Waals surface area contributed by atoms with Crippen LogP contribution in [0.2, 0.25) is 0 Å². The monoisotopic (exact) mass is 314 g/mol. The topological polar surface area (TPSA) is 62.8 Å². The Kier molecular flexibility index (Phi) is 4.69. The largest absolute Gasteiger partial charge is 0.507 e. The van der Waals surface area contributed by atoms with Gasteiger partial charge in [0, 0.05) is 24.1 Å². The lowest BCUT2D eigenvalue weighted by molar-refractivity contribution is 0.336. The molecule has 2 aromatic carbocycles. The molecule has 1 heterocycles. The Morgan fingerprint density at radius 1 is 1.13 bits per heavy atom. The van der Waals surface area contributed by atoms with Gasteiger partial charge in [-0.2, -0.15) is 0 Å². The van der Waals surface area contributed by atoms with Gasteiger partial charge in [0.2, 0.25) is 0 Å². The molecule has 122 valence electrons. The van der Waals surface area contributed by atoms with E-state index < -0.39 is 0 Å². The van der Waals surface area contributed by atoms with Crippen molar-refractivity contribution in [1.82, 2.24) is 10.9 Å². The van der Waals surface area contributed by atoms with Gasteiger partial charge in [-0.15, -0.1) is 0 Å². The first kappa shape index (κ1) is 15.6. The molecule has 1 saturated heterocycles. The fourth-order valence-corrected chi connectivity index (χ4v) is 3.00. The fourth-order valence-electron chi connectivity index (χ4n) is 3.00. The molecule has 5 heteroatoms. The Hall–Kier alpha value is -2.24. The molecular formula is C18H22N2O3. The number of benzene rings is 2. The van der Waals surface area contributed by atoms with E-state index in [1.54, 1.807) is 13.2 Å². The molecule has 2 atom stereocenters. The zero-order chi connectivity index (χ0) is 16.2. The Labute approximate surface area is 136 Å². The number of methoxy groups -OCH3 is 1. The highest BCUT2D eigenvalue weighted by Crippen LogP contribution is 2.38. The van der Waals surface area contributed by atoms with E-state index in [1.165, 1.54) is 5.56 Å². The normalized spacial score (nSPS) is 20.4. The highest BCUT2D eigenvalue weighted by atomic mass is 16.5. The maximum atomic E-state index is 10.4. The van der Waals surface area contributed by atoms with Crippen molar-refractivity contribution in [1.29, 1.82) is 0 Å². The van der Waals surface area contributed by atoms with Gasteiger partial charge in [-0.05, 0) is 30.7 Å². The molecule has 0 bridgehead atoms. The molecule has 0 amide bonds. The Morgan fingerprint density at radius 2 is 1.87 bits per heavy atom. The number of aromatic hydroxyl groups is 1. The first-order valence-corrected chi connectivity index (χ1v) is 7.81. The van der Waals surface area contributed by atoms with E-state index in [2.05, 4.69) is 23.0 Å². The summed E-state index contributed by atoms with van der Waals surface area (Å²) >= 11 is 0. The second-order valence-electron chi connectivity index (χ2n) is 5.54. The van der Waals surface area contributed by atoms with Crippen LogP contribution in [0.3, 0.4) is 0 Å². The molecule has 1 aliphatic heterocycles. The number of rotatable bonds is 5. The second-order valence-corrected chi connectivity index (χ2v) is 5.54. The predicted molar refractivity (Wildman–Crippen MR) is 88.9 cm³/mol. The van der Waals surface area contributed by atoms with Gasteiger partial charge in [0.1, 0.15) is 17.2 Å². The summed E-state index contributed by atoms with van der Waals surface area (Å²) < 4.78 is 10.6. The predicted octanol–water partition coefficient (Wildman–Crippen LogP) is 2.73. The molecular weight excluding hydrogens is 292 g/mol. The Bertz CT molecular complexity index is 658. The smallest absolute Gasteiger partial charge is 0.124 e. The van der Waals surface area contributed by atoms with Crippen LogP contribution in [0, 0.1) is 0 Å². The Morgan fingerprint density at radius 3 is 2.52 bits per heavy atom. The lowest BCUT2D eigenvalue weighted by atomic mass is 9.88. The van der Waals surface area contributed by atoms with Gasteiger partial charge in [0.15, 0.2) is 0 Å². The van der Waals surface area contributed by atoms with E-state index in [4.69, 9.17) is 9.47 Å². The third-order valence-corrected chi connectivity index (χ3v) is 4.17. The highest BCUT2D eigenvalue weighted by Gasteiger charge is 2.31. The van der Waals surface area contributed by atoms with Crippen molar-refractivity contribution < 1.29 is 14.6 Å². The molecule has 3 N–H and O–H groups in total. The zero-order valence-corrected chi connectivity index (χ0v) is 13.4. The number of phenolic OH excluding ortho intramolecular Hbond substituents is 1. The minimum absolute atomic E-state index is 0.000860. The number of nitrogens with one attached hydrogen (secondary N) is 2. The summed E-state index contributed by atoms with van der Waals surface area (Å²) in [5.74, 6) is 1.99. The molecule has 2 unspecified atom stereocenters. The van der Waals surface area contributed by atoms with Crippen LogP contribution in [0.25, 0.3) is 0 Å². The lowest BCUT2D eigenvalue weighted by Gasteiger charge is -2.21. The molecule has 0 spiro atoms. The van der Waals surface area contributed by atoms with E-state index in [0.29, 0.717) is 12.4 Å². The molecule has 0 aliphatic carbocycles. The van der Waals surface area contributed by atoms with Crippen LogP contribution in [-0.4, -0.2) is 25.4 Å². The SMILES string of the molecule is CCOc1ccc(C2NNCC2c2ccc(OC)cc2)c(O)c1. The average molecular weight is 314 g/mol. The molecule has 23 heavy (non-hydrogen) atoms. The van der Waals surface area contributed by atoms with Gasteiger partial charge in [-0.3, -0.25) is 5.43 Å². The molecule has 0 saturated carbocycles. The zero-order valence-electron chi connectivity index (χ0n) is 13.4. The molecule has 0 aromatic heterocycles. The van der Waals surface area contributed by atoms with Crippen molar-refractivity contribution in [2.24, 2.45) is 0 Å². The summed E-state index contributed by atoms with van der Waals surface area (Å²) in [4.78, 5) is 0. The van der Waals surface area contributed by atoms with E-state index in [0.717, 1.165) is 17.9 Å². The van der Waals surface area contributed by atoms with Crippen molar-refractivity contribution in [3.63, 3.8) is 0 Å². The summed E-state index contributed by atoms with van der Waals surface area (Å²) in [6, 6.07) is 13.5. The maximum absolute atomic E-state index is 10.4. The number of hydrazine groups is 1. The number of hydrogen-bond acceptors (Lipinski definition) is 5. The minimum atomic E-state index is -0.000860.